The quantitative estimate of drug-likeness (QED) is 0.549. The Balaban J connectivity index is 1.79. The Morgan fingerprint density at radius 1 is 1.11 bits per heavy atom. The molecule has 0 aliphatic carbocycles. The molecule has 142 valence electrons. The molecule has 4 rings (SSSR count). The van der Waals surface area contributed by atoms with Gasteiger partial charge in [0.15, 0.2) is 0 Å². The van der Waals surface area contributed by atoms with Crippen LogP contribution in [0.4, 0.5) is 5.69 Å². The fourth-order valence-electron chi connectivity index (χ4n) is 3.38. The van der Waals surface area contributed by atoms with E-state index in [1.165, 1.54) is 4.68 Å². The SMILES string of the molecule is Cc1cccc(NC(=O)[C@@H](C)n2nc(C)c3sc4ccccc4c3c2=O)c1C. The molecule has 0 spiro atoms. The second kappa shape index (κ2) is 6.87. The summed E-state index contributed by atoms with van der Waals surface area (Å²) in [6, 6.07) is 12.9. The Morgan fingerprint density at radius 2 is 1.86 bits per heavy atom. The molecular weight excluding hydrogens is 370 g/mol. The zero-order valence-electron chi connectivity index (χ0n) is 16.2. The van der Waals surface area contributed by atoms with Crippen LogP contribution in [0.1, 0.15) is 29.8 Å². The largest absolute Gasteiger partial charge is 0.324 e. The van der Waals surface area contributed by atoms with Crippen LogP contribution in [0.25, 0.3) is 20.2 Å². The molecule has 0 fully saturated rings. The number of carbonyl (C=O) groups is 1. The summed E-state index contributed by atoms with van der Waals surface area (Å²) in [5.74, 6) is -0.262. The van der Waals surface area contributed by atoms with Crippen molar-refractivity contribution in [2.24, 2.45) is 0 Å². The van der Waals surface area contributed by atoms with Crippen molar-refractivity contribution in [3.05, 3.63) is 69.6 Å². The van der Waals surface area contributed by atoms with Gasteiger partial charge < -0.3 is 5.32 Å². The summed E-state index contributed by atoms with van der Waals surface area (Å²) in [6.45, 7) is 7.55. The standard InChI is InChI=1S/C22H21N3O2S/c1-12-8-7-10-17(13(12)2)23-21(26)15(4)25-22(27)19-16-9-5-6-11-18(16)28-20(19)14(3)24-25/h5-11,15H,1-4H3,(H,23,26)/t15-/m1/s1. The number of hydrogen-bond donors (Lipinski definition) is 1. The van der Waals surface area contributed by atoms with E-state index in [1.807, 2.05) is 63.2 Å². The van der Waals surface area contributed by atoms with Crippen LogP contribution < -0.4 is 10.9 Å². The molecule has 0 aliphatic rings. The average molecular weight is 391 g/mol. The predicted molar refractivity (Wildman–Crippen MR) is 115 cm³/mol. The molecule has 1 atom stereocenters. The number of benzene rings is 2. The molecule has 2 heterocycles. The van der Waals surface area contributed by atoms with Gasteiger partial charge in [0.25, 0.3) is 5.56 Å². The molecule has 28 heavy (non-hydrogen) atoms. The monoisotopic (exact) mass is 391 g/mol. The summed E-state index contributed by atoms with van der Waals surface area (Å²) in [5, 5.41) is 8.94. The van der Waals surface area contributed by atoms with E-state index in [-0.39, 0.29) is 11.5 Å². The zero-order chi connectivity index (χ0) is 20.0. The van der Waals surface area contributed by atoms with Gasteiger partial charge in [-0.25, -0.2) is 4.68 Å². The van der Waals surface area contributed by atoms with E-state index in [0.717, 1.165) is 37.3 Å². The lowest BCUT2D eigenvalue weighted by atomic mass is 10.1. The smallest absolute Gasteiger partial charge is 0.276 e. The lowest BCUT2D eigenvalue weighted by Crippen LogP contribution is -2.34. The fraction of sp³-hybridized carbons (Fsp3) is 0.227. The van der Waals surface area contributed by atoms with Crippen molar-refractivity contribution in [3.63, 3.8) is 0 Å². The molecule has 1 N–H and O–H groups in total. The topological polar surface area (TPSA) is 64.0 Å². The van der Waals surface area contributed by atoms with E-state index in [9.17, 15) is 9.59 Å². The van der Waals surface area contributed by atoms with Crippen molar-refractivity contribution in [1.82, 2.24) is 9.78 Å². The molecular formula is C22H21N3O2S. The molecule has 5 nitrogen and oxygen atoms in total. The number of carbonyl (C=O) groups excluding carboxylic acids is 1. The highest BCUT2D eigenvalue weighted by molar-refractivity contribution is 7.26. The van der Waals surface area contributed by atoms with Gasteiger partial charge in [0, 0.05) is 15.8 Å². The van der Waals surface area contributed by atoms with Crippen LogP contribution in [0, 0.1) is 20.8 Å². The van der Waals surface area contributed by atoms with E-state index in [2.05, 4.69) is 10.4 Å². The van der Waals surface area contributed by atoms with Gasteiger partial charge in [-0.05, 0) is 51.0 Å². The van der Waals surface area contributed by atoms with Gasteiger partial charge in [-0.3, -0.25) is 9.59 Å². The molecule has 0 radical (unpaired) electrons. The molecule has 4 aromatic rings. The maximum atomic E-state index is 13.2. The average Bonchev–Trinajstić information content (AvgIpc) is 3.08. The molecule has 0 aliphatic heterocycles. The molecule has 0 saturated carbocycles. The Labute approximate surface area is 166 Å². The van der Waals surface area contributed by atoms with Crippen LogP contribution in [-0.4, -0.2) is 15.7 Å². The van der Waals surface area contributed by atoms with E-state index in [4.69, 9.17) is 0 Å². The van der Waals surface area contributed by atoms with E-state index >= 15 is 0 Å². The molecule has 6 heteroatoms. The van der Waals surface area contributed by atoms with Gasteiger partial charge >= 0.3 is 0 Å². The summed E-state index contributed by atoms with van der Waals surface area (Å²) in [4.78, 5) is 26.1. The number of nitrogens with one attached hydrogen (secondary N) is 1. The lowest BCUT2D eigenvalue weighted by Gasteiger charge is -2.16. The van der Waals surface area contributed by atoms with Crippen molar-refractivity contribution < 1.29 is 4.79 Å². The second-order valence-electron chi connectivity index (χ2n) is 7.05. The Morgan fingerprint density at radius 3 is 2.64 bits per heavy atom. The van der Waals surface area contributed by atoms with Gasteiger partial charge in [-0.1, -0.05) is 30.3 Å². The van der Waals surface area contributed by atoms with E-state index < -0.39 is 6.04 Å². The Bertz CT molecular complexity index is 1290. The van der Waals surface area contributed by atoms with Crippen LogP contribution in [0.15, 0.2) is 47.3 Å². The Hall–Kier alpha value is -2.99. The number of anilines is 1. The Kier molecular flexibility index (Phi) is 4.51. The minimum Gasteiger partial charge on any atom is -0.324 e. The minimum absolute atomic E-state index is 0.235. The number of rotatable bonds is 3. The van der Waals surface area contributed by atoms with Crippen LogP contribution in [-0.2, 0) is 4.79 Å². The summed E-state index contributed by atoms with van der Waals surface area (Å²) in [5.41, 5.74) is 3.38. The third kappa shape index (κ3) is 2.90. The number of aromatic nitrogens is 2. The third-order valence-electron chi connectivity index (χ3n) is 5.21. The van der Waals surface area contributed by atoms with E-state index in [1.54, 1.807) is 18.3 Å². The van der Waals surface area contributed by atoms with E-state index in [0.29, 0.717) is 5.39 Å². The third-order valence-corrected chi connectivity index (χ3v) is 6.49. The van der Waals surface area contributed by atoms with Crippen molar-refractivity contribution >= 4 is 43.1 Å². The predicted octanol–water partition coefficient (Wildman–Crippen LogP) is 4.74. The molecule has 2 aromatic carbocycles. The number of nitrogens with zero attached hydrogens (tertiary/aromatic N) is 2. The van der Waals surface area contributed by atoms with Crippen LogP contribution >= 0.6 is 11.3 Å². The number of thiophene rings is 1. The van der Waals surface area contributed by atoms with Crippen LogP contribution in [0.5, 0.6) is 0 Å². The number of amides is 1. The highest BCUT2D eigenvalue weighted by Gasteiger charge is 2.22. The molecule has 2 aromatic heterocycles. The maximum Gasteiger partial charge on any atom is 0.276 e. The summed E-state index contributed by atoms with van der Waals surface area (Å²) < 4.78 is 3.23. The number of aryl methyl sites for hydroxylation is 2. The first-order valence-electron chi connectivity index (χ1n) is 9.16. The van der Waals surface area contributed by atoms with Gasteiger partial charge in [-0.2, -0.15) is 5.10 Å². The molecule has 1 amide bonds. The number of hydrogen-bond acceptors (Lipinski definition) is 4. The highest BCUT2D eigenvalue weighted by Crippen LogP contribution is 2.33. The highest BCUT2D eigenvalue weighted by atomic mass is 32.1. The zero-order valence-corrected chi connectivity index (χ0v) is 17.1. The van der Waals surface area contributed by atoms with Gasteiger partial charge in [-0.15, -0.1) is 11.3 Å². The summed E-state index contributed by atoms with van der Waals surface area (Å²) >= 11 is 1.56. The first-order chi connectivity index (χ1) is 13.4. The summed E-state index contributed by atoms with van der Waals surface area (Å²) in [7, 11) is 0. The van der Waals surface area contributed by atoms with Crippen molar-refractivity contribution in [2.45, 2.75) is 33.7 Å². The van der Waals surface area contributed by atoms with Gasteiger partial charge in [0.1, 0.15) is 6.04 Å². The molecule has 0 bridgehead atoms. The van der Waals surface area contributed by atoms with Crippen molar-refractivity contribution in [2.75, 3.05) is 5.32 Å². The first kappa shape index (κ1) is 18.4. The number of fused-ring (bicyclic) bond motifs is 3. The first-order valence-corrected chi connectivity index (χ1v) is 9.98. The van der Waals surface area contributed by atoms with Gasteiger partial charge in [0.05, 0.1) is 15.8 Å². The second-order valence-corrected chi connectivity index (χ2v) is 8.10. The molecule has 0 unspecified atom stereocenters. The van der Waals surface area contributed by atoms with Crippen LogP contribution in [0.2, 0.25) is 0 Å². The van der Waals surface area contributed by atoms with Crippen molar-refractivity contribution in [3.8, 4) is 0 Å². The normalized spacial score (nSPS) is 12.4. The maximum absolute atomic E-state index is 13.2. The lowest BCUT2D eigenvalue weighted by molar-refractivity contribution is -0.119. The molecule has 0 saturated heterocycles. The van der Waals surface area contributed by atoms with Gasteiger partial charge in [0.2, 0.25) is 5.91 Å². The van der Waals surface area contributed by atoms with Crippen LogP contribution in [0.3, 0.4) is 0 Å². The fourth-order valence-corrected chi connectivity index (χ4v) is 4.51. The minimum atomic E-state index is -0.728. The summed E-state index contributed by atoms with van der Waals surface area (Å²) in [6.07, 6.45) is 0. The van der Waals surface area contributed by atoms with Crippen molar-refractivity contribution in [1.29, 1.82) is 0 Å².